The Kier molecular flexibility index (Phi) is 5.65. The number of carbonyl (C=O) groups excluding carboxylic acids is 1. The highest BCUT2D eigenvalue weighted by Gasteiger charge is 2.15. The Hall–Kier alpha value is -1.73. The van der Waals surface area contributed by atoms with Crippen LogP contribution < -0.4 is 4.90 Å². The Morgan fingerprint density at radius 3 is 2.74 bits per heavy atom. The fourth-order valence-corrected chi connectivity index (χ4v) is 1.58. The number of aliphatic hydroxyl groups excluding tert-OH is 1. The minimum absolute atomic E-state index is 0.00517. The Balaban J connectivity index is 2.87. The van der Waals surface area contributed by atoms with Gasteiger partial charge in [0.1, 0.15) is 5.82 Å². The predicted octanol–water partition coefficient (Wildman–Crippen LogP) is 0.0151. The lowest BCUT2D eigenvalue weighted by Crippen LogP contribution is -2.32. The second-order valence-electron chi connectivity index (χ2n) is 4.17. The number of likely N-dealkylation sites (N-methyl/N-ethyl adjacent to an activating group) is 1. The van der Waals surface area contributed by atoms with Gasteiger partial charge in [-0.1, -0.05) is 0 Å². The molecule has 7 nitrogen and oxygen atoms in total. The first-order valence-corrected chi connectivity index (χ1v) is 5.80. The fourth-order valence-electron chi connectivity index (χ4n) is 1.58. The first-order chi connectivity index (χ1) is 8.97. The van der Waals surface area contributed by atoms with Gasteiger partial charge in [0.15, 0.2) is 0 Å². The Morgan fingerprint density at radius 1 is 1.47 bits per heavy atom. The van der Waals surface area contributed by atoms with E-state index in [1.54, 1.807) is 24.9 Å². The van der Waals surface area contributed by atoms with Crippen molar-refractivity contribution in [3.05, 3.63) is 17.6 Å². The van der Waals surface area contributed by atoms with Crippen LogP contribution in [0, 0.1) is 6.92 Å². The number of aromatic nitrogens is 2. The summed E-state index contributed by atoms with van der Waals surface area (Å²) in [6, 6.07) is 1.73. The molecule has 1 N–H and O–H groups in total. The van der Waals surface area contributed by atoms with Crippen LogP contribution in [0.25, 0.3) is 0 Å². The van der Waals surface area contributed by atoms with Crippen LogP contribution in [-0.2, 0) is 9.47 Å². The van der Waals surface area contributed by atoms with Crippen molar-refractivity contribution < 1.29 is 19.4 Å². The number of ether oxygens (including phenoxy) is 2. The van der Waals surface area contributed by atoms with Gasteiger partial charge in [0.05, 0.1) is 19.8 Å². The summed E-state index contributed by atoms with van der Waals surface area (Å²) in [6.45, 7) is 2.33. The number of methoxy groups -OCH3 is 2. The summed E-state index contributed by atoms with van der Waals surface area (Å²) in [7, 11) is 4.56. The molecule has 1 aromatic heterocycles. The number of nitrogens with zero attached hydrogens (tertiary/aromatic N) is 3. The zero-order chi connectivity index (χ0) is 14.4. The molecule has 1 atom stereocenters. The third kappa shape index (κ3) is 4.46. The zero-order valence-corrected chi connectivity index (χ0v) is 11.6. The maximum atomic E-state index is 11.4. The molecule has 0 amide bonds. The Labute approximate surface area is 112 Å². The highest BCUT2D eigenvalue weighted by Crippen LogP contribution is 2.12. The minimum Gasteiger partial charge on any atom is -0.463 e. The molecule has 0 radical (unpaired) electrons. The van der Waals surface area contributed by atoms with Crippen molar-refractivity contribution in [1.82, 2.24) is 9.97 Å². The molecule has 1 unspecified atom stereocenters. The number of rotatable bonds is 6. The molecule has 0 saturated carbocycles. The Bertz CT molecular complexity index is 439. The summed E-state index contributed by atoms with van der Waals surface area (Å²) in [5, 5.41) is 9.67. The van der Waals surface area contributed by atoms with Crippen LogP contribution in [0.2, 0.25) is 0 Å². The van der Waals surface area contributed by atoms with Crippen molar-refractivity contribution in [2.45, 2.75) is 13.0 Å². The molecule has 0 bridgehead atoms. The van der Waals surface area contributed by atoms with Crippen LogP contribution in [0.4, 0.5) is 5.82 Å². The second kappa shape index (κ2) is 7.01. The van der Waals surface area contributed by atoms with Gasteiger partial charge < -0.3 is 19.5 Å². The van der Waals surface area contributed by atoms with Gasteiger partial charge in [0.2, 0.25) is 5.82 Å². The molecule has 0 aromatic carbocycles. The van der Waals surface area contributed by atoms with Crippen molar-refractivity contribution in [2.24, 2.45) is 0 Å². The lowest BCUT2D eigenvalue weighted by atomic mass is 10.3. The maximum absolute atomic E-state index is 11.4. The standard InChI is InChI=1S/C12H19N3O4/c1-8-5-10(14-11(13-8)12(17)19-4)15(2)6-9(16)7-18-3/h5,9,16H,6-7H2,1-4H3. The summed E-state index contributed by atoms with van der Waals surface area (Å²) in [4.78, 5) is 21.3. The molecule has 7 heteroatoms. The molecule has 0 aliphatic heterocycles. The molecule has 0 aliphatic carbocycles. The monoisotopic (exact) mass is 269 g/mol. The van der Waals surface area contributed by atoms with Gasteiger partial charge in [0.25, 0.3) is 0 Å². The largest absolute Gasteiger partial charge is 0.463 e. The van der Waals surface area contributed by atoms with E-state index in [0.717, 1.165) is 0 Å². The number of anilines is 1. The molecule has 19 heavy (non-hydrogen) atoms. The average molecular weight is 269 g/mol. The molecular formula is C12H19N3O4. The molecule has 0 saturated heterocycles. The van der Waals surface area contributed by atoms with E-state index in [1.165, 1.54) is 14.2 Å². The summed E-state index contributed by atoms with van der Waals surface area (Å²) in [6.07, 6.45) is -0.633. The summed E-state index contributed by atoms with van der Waals surface area (Å²) in [5.41, 5.74) is 0.651. The minimum atomic E-state index is -0.633. The topological polar surface area (TPSA) is 84.8 Å². The summed E-state index contributed by atoms with van der Waals surface area (Å²) in [5.74, 6) is -0.0376. The molecule has 1 aromatic rings. The normalized spacial score (nSPS) is 12.1. The van der Waals surface area contributed by atoms with Crippen molar-refractivity contribution in [3.63, 3.8) is 0 Å². The third-order valence-electron chi connectivity index (χ3n) is 2.44. The van der Waals surface area contributed by atoms with E-state index in [2.05, 4.69) is 14.7 Å². The fraction of sp³-hybridized carbons (Fsp3) is 0.583. The molecule has 0 spiro atoms. The van der Waals surface area contributed by atoms with Crippen molar-refractivity contribution in [2.75, 3.05) is 39.3 Å². The lowest BCUT2D eigenvalue weighted by molar-refractivity contribution is 0.0586. The predicted molar refractivity (Wildman–Crippen MR) is 69.3 cm³/mol. The quantitative estimate of drug-likeness (QED) is 0.728. The molecule has 0 fully saturated rings. The number of carbonyl (C=O) groups is 1. The number of aliphatic hydroxyl groups is 1. The Morgan fingerprint density at radius 2 is 2.16 bits per heavy atom. The van der Waals surface area contributed by atoms with E-state index >= 15 is 0 Å². The van der Waals surface area contributed by atoms with Crippen molar-refractivity contribution in [1.29, 1.82) is 0 Å². The highest BCUT2D eigenvalue weighted by molar-refractivity contribution is 5.85. The van der Waals surface area contributed by atoms with Crippen LogP contribution in [-0.4, -0.2) is 61.6 Å². The number of hydrogen-bond acceptors (Lipinski definition) is 7. The van der Waals surface area contributed by atoms with Gasteiger partial charge >= 0.3 is 5.97 Å². The van der Waals surface area contributed by atoms with Gasteiger partial charge in [-0.2, -0.15) is 0 Å². The molecular weight excluding hydrogens is 250 g/mol. The average Bonchev–Trinajstić information content (AvgIpc) is 2.37. The van der Waals surface area contributed by atoms with Crippen molar-refractivity contribution >= 4 is 11.8 Å². The van der Waals surface area contributed by atoms with Gasteiger partial charge in [0, 0.05) is 32.5 Å². The second-order valence-corrected chi connectivity index (χ2v) is 4.17. The van der Waals surface area contributed by atoms with E-state index in [0.29, 0.717) is 18.1 Å². The van der Waals surface area contributed by atoms with E-state index in [1.807, 2.05) is 0 Å². The van der Waals surface area contributed by atoms with E-state index in [-0.39, 0.29) is 12.4 Å². The smallest absolute Gasteiger partial charge is 0.376 e. The number of aryl methyl sites for hydroxylation is 1. The van der Waals surface area contributed by atoms with Crippen LogP contribution >= 0.6 is 0 Å². The lowest BCUT2D eigenvalue weighted by Gasteiger charge is -2.21. The molecule has 106 valence electrons. The molecule has 0 aliphatic rings. The van der Waals surface area contributed by atoms with Crippen LogP contribution in [0.5, 0.6) is 0 Å². The number of hydrogen-bond donors (Lipinski definition) is 1. The van der Waals surface area contributed by atoms with Crippen LogP contribution in [0.3, 0.4) is 0 Å². The highest BCUT2D eigenvalue weighted by atomic mass is 16.5. The maximum Gasteiger partial charge on any atom is 0.376 e. The van der Waals surface area contributed by atoms with E-state index < -0.39 is 12.1 Å². The van der Waals surface area contributed by atoms with E-state index in [4.69, 9.17) is 4.74 Å². The first-order valence-electron chi connectivity index (χ1n) is 5.80. The number of esters is 1. The van der Waals surface area contributed by atoms with Gasteiger partial charge in [-0.3, -0.25) is 0 Å². The van der Waals surface area contributed by atoms with Crippen LogP contribution in [0.1, 0.15) is 16.3 Å². The first kappa shape index (κ1) is 15.3. The van der Waals surface area contributed by atoms with Crippen molar-refractivity contribution in [3.8, 4) is 0 Å². The summed E-state index contributed by atoms with van der Waals surface area (Å²) < 4.78 is 9.45. The summed E-state index contributed by atoms with van der Waals surface area (Å²) >= 11 is 0. The molecule has 1 rings (SSSR count). The zero-order valence-electron chi connectivity index (χ0n) is 11.6. The van der Waals surface area contributed by atoms with E-state index in [9.17, 15) is 9.90 Å². The van der Waals surface area contributed by atoms with Gasteiger partial charge in [-0.05, 0) is 6.92 Å². The molecule has 1 heterocycles. The SMILES string of the molecule is COCC(O)CN(C)c1cc(C)nc(C(=O)OC)n1. The van der Waals surface area contributed by atoms with Crippen LogP contribution in [0.15, 0.2) is 6.07 Å². The van der Waals surface area contributed by atoms with Gasteiger partial charge in [-0.25, -0.2) is 14.8 Å². The van der Waals surface area contributed by atoms with Gasteiger partial charge in [-0.15, -0.1) is 0 Å². The third-order valence-corrected chi connectivity index (χ3v) is 2.44.